The number of hydrogen-bond acceptors (Lipinski definition) is 1. The highest BCUT2D eigenvalue weighted by Crippen LogP contribution is 2.07. The fourth-order valence-electron chi connectivity index (χ4n) is 1.56. The second kappa shape index (κ2) is 10.1. The second-order valence-corrected chi connectivity index (χ2v) is 4.67. The van der Waals surface area contributed by atoms with E-state index >= 15 is 0 Å². The molecule has 1 nitrogen and oxygen atoms in total. The first kappa shape index (κ1) is 15.9. The third-order valence-corrected chi connectivity index (χ3v) is 2.56. The molecule has 0 aromatic heterocycles. The van der Waals surface area contributed by atoms with Gasteiger partial charge in [0.1, 0.15) is 0 Å². The predicted octanol–water partition coefficient (Wildman–Crippen LogP) is 4.35. The van der Waals surface area contributed by atoms with Crippen LogP contribution in [0.2, 0.25) is 0 Å². The largest absolute Gasteiger partial charge is 0.292 e. The Morgan fingerprint density at radius 1 is 0.941 bits per heavy atom. The lowest BCUT2D eigenvalue weighted by Gasteiger charge is -2.16. The molecule has 0 saturated carbocycles. The quantitative estimate of drug-likeness (QED) is 0.535. The summed E-state index contributed by atoms with van der Waals surface area (Å²) >= 11 is 0. The van der Waals surface area contributed by atoms with E-state index in [1.807, 2.05) is 12.2 Å². The molecule has 0 heterocycles. The molecule has 0 atom stereocenters. The number of allylic oxidation sites excluding steroid dienone is 3. The first-order chi connectivity index (χ1) is 8.10. The molecular weight excluding hydrogens is 206 g/mol. The van der Waals surface area contributed by atoms with E-state index in [1.165, 1.54) is 11.1 Å². The van der Waals surface area contributed by atoms with Crippen molar-refractivity contribution < 1.29 is 0 Å². The summed E-state index contributed by atoms with van der Waals surface area (Å²) < 4.78 is 0. The Labute approximate surface area is 107 Å². The maximum absolute atomic E-state index is 3.77. The zero-order valence-electron chi connectivity index (χ0n) is 11.7. The number of rotatable bonds is 9. The van der Waals surface area contributed by atoms with Crippen LogP contribution in [0.1, 0.15) is 33.6 Å². The topological polar surface area (TPSA) is 3.24 Å². The Morgan fingerprint density at radius 3 is 2.00 bits per heavy atom. The van der Waals surface area contributed by atoms with E-state index < -0.39 is 0 Å². The van der Waals surface area contributed by atoms with Gasteiger partial charge in [-0.15, -0.1) is 13.2 Å². The molecule has 96 valence electrons. The molecule has 0 saturated heterocycles. The van der Waals surface area contributed by atoms with Crippen molar-refractivity contribution in [2.75, 3.05) is 19.6 Å². The lowest BCUT2D eigenvalue weighted by molar-refractivity contribution is 0.372. The van der Waals surface area contributed by atoms with Gasteiger partial charge in [-0.3, -0.25) is 4.90 Å². The summed E-state index contributed by atoms with van der Waals surface area (Å²) in [6.45, 7) is 16.9. The van der Waals surface area contributed by atoms with Crippen LogP contribution in [0.5, 0.6) is 0 Å². The molecule has 0 amide bonds. The summed E-state index contributed by atoms with van der Waals surface area (Å²) in [5.74, 6) is 0. The molecule has 0 aliphatic carbocycles. The monoisotopic (exact) mass is 233 g/mol. The van der Waals surface area contributed by atoms with E-state index in [0.29, 0.717) is 0 Å². The standard InChI is InChI=1S/C16H27N/c1-6-12-17(13-7-2)14-11-16(5)10-8-9-15(3)4/h6-7,9,11H,1-2,8,10,12-14H2,3-5H3/b16-11+. The molecule has 0 N–H and O–H groups in total. The maximum Gasteiger partial charge on any atom is 0.0172 e. The van der Waals surface area contributed by atoms with E-state index in [2.05, 4.69) is 51.0 Å². The van der Waals surface area contributed by atoms with Gasteiger partial charge in [0.15, 0.2) is 0 Å². The minimum atomic E-state index is 0.920. The van der Waals surface area contributed by atoms with E-state index in [0.717, 1.165) is 32.5 Å². The van der Waals surface area contributed by atoms with Gasteiger partial charge in [-0.1, -0.05) is 35.5 Å². The van der Waals surface area contributed by atoms with Crippen LogP contribution >= 0.6 is 0 Å². The second-order valence-electron chi connectivity index (χ2n) is 4.67. The molecule has 0 aliphatic rings. The molecule has 0 radical (unpaired) electrons. The van der Waals surface area contributed by atoms with Gasteiger partial charge in [-0.05, 0) is 33.6 Å². The SMILES string of the molecule is C=CCN(CC=C)C/C=C(\C)CCC=C(C)C. The first-order valence-electron chi connectivity index (χ1n) is 6.33. The van der Waals surface area contributed by atoms with Gasteiger partial charge < -0.3 is 0 Å². The summed E-state index contributed by atoms with van der Waals surface area (Å²) in [4.78, 5) is 2.31. The average molecular weight is 233 g/mol. The van der Waals surface area contributed by atoms with Gasteiger partial charge in [0, 0.05) is 19.6 Å². The van der Waals surface area contributed by atoms with Gasteiger partial charge in [0.05, 0.1) is 0 Å². The van der Waals surface area contributed by atoms with Crippen LogP contribution in [0.3, 0.4) is 0 Å². The van der Waals surface area contributed by atoms with Crippen LogP contribution in [-0.2, 0) is 0 Å². The number of nitrogens with zero attached hydrogens (tertiary/aromatic N) is 1. The fourth-order valence-corrected chi connectivity index (χ4v) is 1.56. The normalized spacial score (nSPS) is 11.4. The summed E-state index contributed by atoms with van der Waals surface area (Å²) in [5, 5.41) is 0. The highest BCUT2D eigenvalue weighted by molar-refractivity contribution is 5.03. The molecule has 0 fully saturated rings. The van der Waals surface area contributed by atoms with Crippen LogP contribution in [0.4, 0.5) is 0 Å². The van der Waals surface area contributed by atoms with Gasteiger partial charge in [-0.25, -0.2) is 0 Å². The maximum atomic E-state index is 3.77. The minimum absolute atomic E-state index is 0.920. The van der Waals surface area contributed by atoms with Gasteiger partial charge in [0.25, 0.3) is 0 Å². The zero-order valence-corrected chi connectivity index (χ0v) is 11.7. The van der Waals surface area contributed by atoms with Gasteiger partial charge in [-0.2, -0.15) is 0 Å². The third-order valence-electron chi connectivity index (χ3n) is 2.56. The molecule has 0 aliphatic heterocycles. The van der Waals surface area contributed by atoms with Crippen molar-refractivity contribution in [3.05, 3.63) is 48.6 Å². The van der Waals surface area contributed by atoms with Crippen LogP contribution in [0.15, 0.2) is 48.6 Å². The molecule has 0 unspecified atom stereocenters. The summed E-state index contributed by atoms with van der Waals surface area (Å²) in [7, 11) is 0. The Kier molecular flexibility index (Phi) is 9.46. The van der Waals surface area contributed by atoms with E-state index in [4.69, 9.17) is 0 Å². The van der Waals surface area contributed by atoms with E-state index in [1.54, 1.807) is 0 Å². The molecule has 1 heteroatoms. The molecule has 0 aromatic carbocycles. The van der Waals surface area contributed by atoms with Crippen LogP contribution in [0.25, 0.3) is 0 Å². The lowest BCUT2D eigenvalue weighted by Crippen LogP contribution is -2.24. The van der Waals surface area contributed by atoms with Crippen molar-refractivity contribution in [1.29, 1.82) is 0 Å². The Bertz CT molecular complexity index is 270. The zero-order chi connectivity index (χ0) is 13.1. The van der Waals surface area contributed by atoms with E-state index in [9.17, 15) is 0 Å². The Balaban J connectivity index is 4.04. The van der Waals surface area contributed by atoms with Crippen LogP contribution < -0.4 is 0 Å². The van der Waals surface area contributed by atoms with Crippen molar-refractivity contribution in [2.24, 2.45) is 0 Å². The summed E-state index contributed by atoms with van der Waals surface area (Å²) in [5.41, 5.74) is 2.86. The first-order valence-corrected chi connectivity index (χ1v) is 6.33. The lowest BCUT2D eigenvalue weighted by atomic mass is 10.1. The van der Waals surface area contributed by atoms with Crippen molar-refractivity contribution in [1.82, 2.24) is 4.90 Å². The summed E-state index contributed by atoms with van der Waals surface area (Å²) in [6.07, 6.45) is 10.8. The smallest absolute Gasteiger partial charge is 0.0172 e. The van der Waals surface area contributed by atoms with Gasteiger partial charge in [0.2, 0.25) is 0 Å². The summed E-state index contributed by atoms with van der Waals surface area (Å²) in [6, 6.07) is 0. The highest BCUT2D eigenvalue weighted by atomic mass is 15.1. The average Bonchev–Trinajstić information content (AvgIpc) is 2.26. The fraction of sp³-hybridized carbons (Fsp3) is 0.500. The molecule has 0 rings (SSSR count). The molecule has 0 spiro atoms. The molecule has 0 aromatic rings. The van der Waals surface area contributed by atoms with Crippen LogP contribution in [0, 0.1) is 0 Å². The molecular formula is C16H27N. The minimum Gasteiger partial charge on any atom is -0.292 e. The number of hydrogen-bond donors (Lipinski definition) is 0. The van der Waals surface area contributed by atoms with Crippen molar-refractivity contribution in [3.63, 3.8) is 0 Å². The van der Waals surface area contributed by atoms with Crippen molar-refractivity contribution in [3.8, 4) is 0 Å². The molecule has 0 bridgehead atoms. The highest BCUT2D eigenvalue weighted by Gasteiger charge is 1.97. The molecule has 17 heavy (non-hydrogen) atoms. The van der Waals surface area contributed by atoms with Crippen LogP contribution in [-0.4, -0.2) is 24.5 Å². The van der Waals surface area contributed by atoms with E-state index in [-0.39, 0.29) is 0 Å². The van der Waals surface area contributed by atoms with Crippen molar-refractivity contribution >= 4 is 0 Å². The predicted molar refractivity (Wildman–Crippen MR) is 79.3 cm³/mol. The third kappa shape index (κ3) is 9.83. The Morgan fingerprint density at radius 2 is 1.53 bits per heavy atom. The Hall–Kier alpha value is -1.08. The van der Waals surface area contributed by atoms with Gasteiger partial charge >= 0.3 is 0 Å². The van der Waals surface area contributed by atoms with Crippen molar-refractivity contribution in [2.45, 2.75) is 33.6 Å².